The second-order valence-electron chi connectivity index (χ2n) is 4.37. The molecule has 1 rings (SSSR count). The number of pyridine rings is 1. The Morgan fingerprint density at radius 1 is 1.44 bits per heavy atom. The third-order valence-corrected chi connectivity index (χ3v) is 2.89. The van der Waals surface area contributed by atoms with Gasteiger partial charge in [-0.15, -0.1) is 0 Å². The normalized spacial score (nSPS) is 10.4. The predicted octanol–water partition coefficient (Wildman–Crippen LogP) is 0.972. The maximum atomic E-state index is 11.6. The Kier molecular flexibility index (Phi) is 5.09. The summed E-state index contributed by atoms with van der Waals surface area (Å²) in [6, 6.07) is 1.88. The molecule has 4 N–H and O–H groups in total. The van der Waals surface area contributed by atoms with Crippen molar-refractivity contribution in [3.63, 3.8) is 0 Å². The van der Waals surface area contributed by atoms with Gasteiger partial charge in [0.15, 0.2) is 0 Å². The average molecular weight is 250 g/mol. The van der Waals surface area contributed by atoms with Gasteiger partial charge in [-0.25, -0.2) is 4.98 Å². The van der Waals surface area contributed by atoms with Gasteiger partial charge in [-0.3, -0.25) is 4.79 Å². The molecule has 0 aliphatic rings. The van der Waals surface area contributed by atoms with Crippen LogP contribution in [0, 0.1) is 13.8 Å². The zero-order valence-electron chi connectivity index (χ0n) is 11.4. The van der Waals surface area contributed by atoms with E-state index in [2.05, 4.69) is 4.98 Å². The van der Waals surface area contributed by atoms with Gasteiger partial charge in [-0.2, -0.15) is 0 Å². The molecule has 0 saturated carbocycles. The molecule has 0 saturated heterocycles. The topological polar surface area (TPSA) is 85.2 Å². The van der Waals surface area contributed by atoms with Crippen molar-refractivity contribution >= 4 is 11.7 Å². The first-order chi connectivity index (χ1) is 8.51. The van der Waals surface area contributed by atoms with Gasteiger partial charge in [0.05, 0.1) is 5.56 Å². The number of anilines is 1. The monoisotopic (exact) mass is 250 g/mol. The Balaban J connectivity index is 3.22. The molecule has 5 nitrogen and oxygen atoms in total. The van der Waals surface area contributed by atoms with Crippen LogP contribution in [-0.4, -0.2) is 30.5 Å². The van der Waals surface area contributed by atoms with E-state index in [4.69, 9.17) is 11.5 Å². The van der Waals surface area contributed by atoms with Crippen LogP contribution in [0.4, 0.5) is 5.82 Å². The first kappa shape index (κ1) is 14.4. The van der Waals surface area contributed by atoms with Crippen molar-refractivity contribution in [2.45, 2.75) is 27.2 Å². The molecule has 0 aromatic carbocycles. The summed E-state index contributed by atoms with van der Waals surface area (Å²) in [6.45, 7) is 8.00. The second kappa shape index (κ2) is 6.35. The Morgan fingerprint density at radius 3 is 2.61 bits per heavy atom. The number of aromatic nitrogens is 1. The minimum atomic E-state index is -0.429. The van der Waals surface area contributed by atoms with Crippen molar-refractivity contribution in [1.82, 2.24) is 4.98 Å². The van der Waals surface area contributed by atoms with Gasteiger partial charge in [0, 0.05) is 18.8 Å². The van der Waals surface area contributed by atoms with Crippen molar-refractivity contribution in [2.75, 3.05) is 24.5 Å². The van der Waals surface area contributed by atoms with Gasteiger partial charge in [0.25, 0.3) is 5.91 Å². The number of rotatable bonds is 6. The summed E-state index contributed by atoms with van der Waals surface area (Å²) in [5.74, 6) is 0.247. The van der Waals surface area contributed by atoms with Gasteiger partial charge in [-0.1, -0.05) is 0 Å². The molecule has 100 valence electrons. The molecule has 5 heteroatoms. The maximum Gasteiger partial charge on any atom is 0.252 e. The largest absolute Gasteiger partial charge is 0.365 e. The van der Waals surface area contributed by atoms with Crippen LogP contribution in [-0.2, 0) is 0 Å². The van der Waals surface area contributed by atoms with Gasteiger partial charge >= 0.3 is 0 Å². The lowest BCUT2D eigenvalue weighted by Gasteiger charge is -2.24. The summed E-state index contributed by atoms with van der Waals surface area (Å²) >= 11 is 0. The molecular formula is C13H22N4O. The quantitative estimate of drug-likeness (QED) is 0.788. The summed E-state index contributed by atoms with van der Waals surface area (Å²) in [7, 11) is 0. The van der Waals surface area contributed by atoms with E-state index in [0.29, 0.717) is 17.9 Å². The average Bonchev–Trinajstić information content (AvgIpc) is 2.28. The Labute approximate surface area is 108 Å². The number of amides is 1. The summed E-state index contributed by atoms with van der Waals surface area (Å²) < 4.78 is 0. The standard InChI is InChI=1S/C13H22N4O/c1-4-17(7-5-6-14)13-11(12(15)18)9(2)8-10(3)16-13/h8H,4-7,14H2,1-3H3,(H2,15,18). The van der Waals surface area contributed by atoms with Crippen molar-refractivity contribution in [3.05, 3.63) is 22.9 Å². The smallest absolute Gasteiger partial charge is 0.252 e. The number of hydrogen-bond donors (Lipinski definition) is 2. The van der Waals surface area contributed by atoms with Crippen LogP contribution >= 0.6 is 0 Å². The van der Waals surface area contributed by atoms with E-state index in [-0.39, 0.29) is 0 Å². The molecule has 0 radical (unpaired) electrons. The van der Waals surface area contributed by atoms with Gasteiger partial charge in [0.1, 0.15) is 5.82 Å². The van der Waals surface area contributed by atoms with Gasteiger partial charge in [-0.05, 0) is 45.4 Å². The van der Waals surface area contributed by atoms with Crippen LogP contribution in [0.15, 0.2) is 6.07 Å². The first-order valence-corrected chi connectivity index (χ1v) is 6.24. The van der Waals surface area contributed by atoms with Gasteiger partial charge in [0.2, 0.25) is 0 Å². The molecule has 0 aliphatic heterocycles. The number of aryl methyl sites for hydroxylation is 2. The molecular weight excluding hydrogens is 228 g/mol. The lowest BCUT2D eigenvalue weighted by Crippen LogP contribution is -2.30. The van der Waals surface area contributed by atoms with E-state index in [1.54, 1.807) is 0 Å². The highest BCUT2D eigenvalue weighted by molar-refractivity contribution is 5.99. The van der Waals surface area contributed by atoms with Crippen LogP contribution in [0.1, 0.15) is 35.0 Å². The molecule has 0 spiro atoms. The lowest BCUT2D eigenvalue weighted by atomic mass is 10.1. The molecule has 0 bridgehead atoms. The van der Waals surface area contributed by atoms with Crippen LogP contribution in [0.3, 0.4) is 0 Å². The van der Waals surface area contributed by atoms with E-state index in [0.717, 1.165) is 30.8 Å². The van der Waals surface area contributed by atoms with E-state index in [1.807, 2.05) is 31.7 Å². The fraction of sp³-hybridized carbons (Fsp3) is 0.538. The number of carbonyl (C=O) groups excluding carboxylic acids is 1. The summed E-state index contributed by atoms with van der Waals surface area (Å²) in [5, 5.41) is 0. The number of hydrogen-bond acceptors (Lipinski definition) is 4. The van der Waals surface area contributed by atoms with Crippen molar-refractivity contribution < 1.29 is 4.79 Å². The first-order valence-electron chi connectivity index (χ1n) is 6.24. The van der Waals surface area contributed by atoms with Crippen molar-refractivity contribution in [3.8, 4) is 0 Å². The predicted molar refractivity (Wildman–Crippen MR) is 73.8 cm³/mol. The summed E-state index contributed by atoms with van der Waals surface area (Å²) in [5.41, 5.74) is 13.3. The Bertz CT molecular complexity index is 431. The number of nitrogens with two attached hydrogens (primary N) is 2. The van der Waals surface area contributed by atoms with E-state index in [1.165, 1.54) is 0 Å². The van der Waals surface area contributed by atoms with Crippen LogP contribution in [0.5, 0.6) is 0 Å². The van der Waals surface area contributed by atoms with E-state index >= 15 is 0 Å². The summed E-state index contributed by atoms with van der Waals surface area (Å²) in [6.07, 6.45) is 0.862. The van der Waals surface area contributed by atoms with Gasteiger partial charge < -0.3 is 16.4 Å². The minimum Gasteiger partial charge on any atom is -0.365 e. The third kappa shape index (κ3) is 3.20. The molecule has 1 aromatic heterocycles. The van der Waals surface area contributed by atoms with Crippen LogP contribution in [0.25, 0.3) is 0 Å². The van der Waals surface area contributed by atoms with E-state index in [9.17, 15) is 4.79 Å². The fourth-order valence-corrected chi connectivity index (χ4v) is 2.05. The molecule has 1 amide bonds. The van der Waals surface area contributed by atoms with Crippen LogP contribution in [0.2, 0.25) is 0 Å². The van der Waals surface area contributed by atoms with Crippen LogP contribution < -0.4 is 16.4 Å². The summed E-state index contributed by atoms with van der Waals surface area (Å²) in [4.78, 5) is 18.1. The van der Waals surface area contributed by atoms with Crippen molar-refractivity contribution in [2.24, 2.45) is 11.5 Å². The van der Waals surface area contributed by atoms with E-state index < -0.39 is 5.91 Å². The molecule has 18 heavy (non-hydrogen) atoms. The molecule has 0 fully saturated rings. The zero-order valence-corrected chi connectivity index (χ0v) is 11.4. The highest BCUT2D eigenvalue weighted by atomic mass is 16.1. The zero-order chi connectivity index (χ0) is 13.7. The molecule has 0 unspecified atom stereocenters. The minimum absolute atomic E-state index is 0.429. The molecule has 1 aromatic rings. The SMILES string of the molecule is CCN(CCCN)c1nc(C)cc(C)c1C(N)=O. The molecule has 0 aliphatic carbocycles. The lowest BCUT2D eigenvalue weighted by molar-refractivity contribution is 0.1000. The Morgan fingerprint density at radius 2 is 2.11 bits per heavy atom. The highest BCUT2D eigenvalue weighted by Crippen LogP contribution is 2.22. The number of carbonyl (C=O) groups is 1. The molecule has 0 atom stereocenters. The fourth-order valence-electron chi connectivity index (χ4n) is 2.05. The number of nitrogens with zero attached hydrogens (tertiary/aromatic N) is 2. The second-order valence-corrected chi connectivity index (χ2v) is 4.37. The third-order valence-electron chi connectivity index (χ3n) is 2.89. The Hall–Kier alpha value is -1.62. The molecule has 1 heterocycles. The van der Waals surface area contributed by atoms with Crippen molar-refractivity contribution in [1.29, 1.82) is 0 Å². The highest BCUT2D eigenvalue weighted by Gasteiger charge is 2.18. The number of primary amides is 1. The maximum absolute atomic E-state index is 11.6.